The molecule has 97 heavy (non-hydrogen) atoms. The number of benzene rings is 12. The van der Waals surface area contributed by atoms with Crippen LogP contribution in [0.15, 0.2) is 279 Å². The van der Waals surface area contributed by atoms with Crippen molar-refractivity contribution in [3.63, 3.8) is 0 Å². The molecule has 12 heteroatoms. The second-order valence-corrected chi connectivity index (χ2v) is 24.6. The van der Waals surface area contributed by atoms with Gasteiger partial charge in [0.2, 0.25) is 0 Å². The summed E-state index contributed by atoms with van der Waals surface area (Å²) in [5.74, 6) is 3.94. The van der Waals surface area contributed by atoms with Crippen molar-refractivity contribution >= 4 is 12.6 Å². The fourth-order valence-corrected chi connectivity index (χ4v) is 12.0. The van der Waals surface area contributed by atoms with Gasteiger partial charge in [-0.15, -0.1) is 0 Å². The zero-order valence-electron chi connectivity index (χ0n) is 53.4. The summed E-state index contributed by atoms with van der Waals surface area (Å²) in [6, 6.07) is 99.2. The van der Waals surface area contributed by atoms with Crippen LogP contribution in [0.25, 0.3) is 112 Å². The molecular formula is C85H58BN7O4. The summed E-state index contributed by atoms with van der Waals surface area (Å²) in [7, 11) is -0.490. The van der Waals surface area contributed by atoms with Crippen LogP contribution in [-0.2, 0) is 9.31 Å². The molecule has 460 valence electrons. The van der Waals surface area contributed by atoms with Crippen LogP contribution >= 0.6 is 0 Å². The van der Waals surface area contributed by atoms with E-state index in [2.05, 4.69) is 54.6 Å². The molecule has 14 rings (SSSR count). The smallest absolute Gasteiger partial charge is 0.457 e. The molecule has 0 aliphatic carbocycles. The van der Waals surface area contributed by atoms with Crippen LogP contribution in [0.3, 0.4) is 0 Å². The van der Waals surface area contributed by atoms with E-state index in [0.29, 0.717) is 79.4 Å². The number of hydrogen-bond donors (Lipinski definition) is 0. The molecule has 11 nitrogen and oxygen atoms in total. The highest BCUT2D eigenvalue weighted by molar-refractivity contribution is 6.62. The summed E-state index contributed by atoms with van der Waals surface area (Å²) in [5.41, 5.74) is 15.2. The Morgan fingerprint density at radius 3 is 1.09 bits per heavy atom. The quantitative estimate of drug-likeness (QED) is 0.0895. The Morgan fingerprint density at radius 1 is 0.289 bits per heavy atom. The first-order chi connectivity index (χ1) is 47.3. The van der Waals surface area contributed by atoms with Crippen LogP contribution in [0.1, 0.15) is 49.9 Å². The molecule has 0 saturated carbocycles. The van der Waals surface area contributed by atoms with E-state index in [1.807, 2.05) is 258 Å². The Balaban J connectivity index is 0.854. The maximum atomic E-state index is 11.3. The molecule has 0 bridgehead atoms. The van der Waals surface area contributed by atoms with Gasteiger partial charge in [0.15, 0.2) is 17.5 Å². The second kappa shape index (κ2) is 26.3. The zero-order valence-corrected chi connectivity index (χ0v) is 53.4. The lowest BCUT2D eigenvalue weighted by molar-refractivity contribution is 0.00578. The van der Waals surface area contributed by atoms with E-state index in [4.69, 9.17) is 33.7 Å². The molecule has 12 aromatic carbocycles. The normalized spacial score (nSPS) is 12.8. The van der Waals surface area contributed by atoms with Crippen LogP contribution < -0.4 is 14.9 Å². The van der Waals surface area contributed by atoms with Gasteiger partial charge in [-0.1, -0.05) is 158 Å². The first kappa shape index (κ1) is 61.7. The Hall–Kier alpha value is -12.8. The average Bonchev–Trinajstić information content (AvgIpc) is 1.74. The summed E-state index contributed by atoms with van der Waals surface area (Å²) >= 11 is 0. The third-order valence-electron chi connectivity index (χ3n) is 17.9. The van der Waals surface area contributed by atoms with Gasteiger partial charge in [0.1, 0.15) is 23.0 Å². The van der Waals surface area contributed by atoms with Gasteiger partial charge in [-0.05, 0) is 227 Å². The number of nitrogens with zero attached hydrogens (tertiary/aromatic N) is 7. The molecule has 2 heterocycles. The highest BCUT2D eigenvalue weighted by Crippen LogP contribution is 2.44. The summed E-state index contributed by atoms with van der Waals surface area (Å²) in [6.07, 6.45) is 0. The van der Waals surface area contributed by atoms with Crippen molar-refractivity contribution in [2.75, 3.05) is 0 Å². The number of hydrogen-bond acceptors (Lipinski definition) is 11. The van der Waals surface area contributed by atoms with Gasteiger partial charge in [-0.2, -0.15) is 21.0 Å². The van der Waals surface area contributed by atoms with E-state index in [0.717, 1.165) is 83.4 Å². The predicted octanol–water partition coefficient (Wildman–Crippen LogP) is 19.9. The minimum absolute atomic E-state index is 0.399. The fraction of sp³-hybridized carbons (Fsp3) is 0.0706. The van der Waals surface area contributed by atoms with E-state index in [1.54, 1.807) is 18.2 Å². The Labute approximate surface area is 563 Å². The fourth-order valence-electron chi connectivity index (χ4n) is 12.0. The highest BCUT2D eigenvalue weighted by Gasteiger charge is 2.51. The third-order valence-corrected chi connectivity index (χ3v) is 17.9. The van der Waals surface area contributed by atoms with Crippen LogP contribution in [0.2, 0.25) is 0 Å². The molecule has 0 amide bonds. The lowest BCUT2D eigenvalue weighted by atomic mass is 9.79. The largest absolute Gasteiger partial charge is 0.494 e. The number of ether oxygens (including phenoxy) is 2. The maximum Gasteiger partial charge on any atom is 0.494 e. The molecule has 1 saturated heterocycles. The first-order valence-electron chi connectivity index (χ1n) is 31.7. The van der Waals surface area contributed by atoms with E-state index in [9.17, 15) is 21.0 Å². The maximum absolute atomic E-state index is 11.3. The minimum atomic E-state index is -0.490. The van der Waals surface area contributed by atoms with Crippen LogP contribution in [0, 0.1) is 45.3 Å². The summed E-state index contributed by atoms with van der Waals surface area (Å²) in [6.45, 7) is 8.14. The molecular weight excluding hydrogens is 1190 g/mol. The SMILES string of the molecule is CC1(C)OB(c2ccc(Oc3ccc(-c4cc(-c5ccccc5C#N)cc(-c5ccc(-c6cc(-c7cc(-c8ccccc8C#N)cc(-c8ccccc8C#N)c7)ccc6Oc6ccc(-c7nc(-c8ccccc8)nc(-c8ccccc8)n7)cc6)cc5C#N)c4)cc3)cc2)OC1(C)C. The van der Waals surface area contributed by atoms with E-state index in [1.165, 1.54) is 0 Å². The summed E-state index contributed by atoms with van der Waals surface area (Å²) in [4.78, 5) is 14.8. The number of rotatable bonds is 15. The van der Waals surface area contributed by atoms with Crippen molar-refractivity contribution in [2.24, 2.45) is 0 Å². The summed E-state index contributed by atoms with van der Waals surface area (Å²) < 4.78 is 25.9. The van der Waals surface area contributed by atoms with E-state index >= 15 is 0 Å². The van der Waals surface area contributed by atoms with Gasteiger partial charge >= 0.3 is 7.12 Å². The van der Waals surface area contributed by atoms with Crippen molar-refractivity contribution in [1.82, 2.24) is 15.0 Å². The lowest BCUT2D eigenvalue weighted by Gasteiger charge is -2.32. The highest BCUT2D eigenvalue weighted by atomic mass is 16.7. The molecule has 0 N–H and O–H groups in total. The van der Waals surface area contributed by atoms with Gasteiger partial charge in [0.25, 0.3) is 0 Å². The molecule has 0 atom stereocenters. The van der Waals surface area contributed by atoms with Crippen molar-refractivity contribution in [3.8, 4) is 159 Å². The van der Waals surface area contributed by atoms with Crippen LogP contribution in [0.5, 0.6) is 23.0 Å². The zero-order chi connectivity index (χ0) is 66.6. The molecule has 13 aromatic rings. The molecule has 0 radical (unpaired) electrons. The molecule has 0 spiro atoms. The Kier molecular flexibility index (Phi) is 16.7. The minimum Gasteiger partial charge on any atom is -0.457 e. The average molecular weight is 1250 g/mol. The lowest BCUT2D eigenvalue weighted by Crippen LogP contribution is -2.41. The molecule has 0 unspecified atom stereocenters. The number of aromatic nitrogens is 3. The van der Waals surface area contributed by atoms with E-state index in [-0.39, 0.29) is 0 Å². The Morgan fingerprint density at radius 2 is 0.639 bits per heavy atom. The van der Waals surface area contributed by atoms with Gasteiger partial charge in [-0.25, -0.2) is 15.0 Å². The summed E-state index contributed by atoms with van der Waals surface area (Å²) in [5, 5.41) is 42.5. The van der Waals surface area contributed by atoms with Crippen molar-refractivity contribution in [2.45, 2.75) is 38.9 Å². The molecule has 1 aromatic heterocycles. The van der Waals surface area contributed by atoms with Gasteiger partial charge < -0.3 is 18.8 Å². The third kappa shape index (κ3) is 12.8. The molecule has 1 fully saturated rings. The van der Waals surface area contributed by atoms with Crippen molar-refractivity contribution < 1.29 is 18.8 Å². The van der Waals surface area contributed by atoms with E-state index < -0.39 is 18.3 Å². The Bertz CT molecular complexity index is 5190. The van der Waals surface area contributed by atoms with Gasteiger partial charge in [-0.3, -0.25) is 0 Å². The van der Waals surface area contributed by atoms with Crippen molar-refractivity contribution in [3.05, 3.63) is 301 Å². The van der Waals surface area contributed by atoms with Crippen LogP contribution in [0.4, 0.5) is 0 Å². The van der Waals surface area contributed by atoms with Gasteiger partial charge in [0.05, 0.1) is 57.7 Å². The molecule has 1 aliphatic heterocycles. The molecule has 1 aliphatic rings. The second-order valence-electron chi connectivity index (χ2n) is 24.6. The topological polar surface area (TPSA) is 171 Å². The van der Waals surface area contributed by atoms with Gasteiger partial charge in [0, 0.05) is 22.3 Å². The predicted molar refractivity (Wildman–Crippen MR) is 382 cm³/mol. The monoisotopic (exact) mass is 1250 g/mol. The number of nitriles is 4. The van der Waals surface area contributed by atoms with Crippen molar-refractivity contribution in [1.29, 1.82) is 21.0 Å². The first-order valence-corrected chi connectivity index (χ1v) is 31.7. The van der Waals surface area contributed by atoms with Crippen LogP contribution in [-0.4, -0.2) is 33.3 Å². The standard InChI is InChI=1S/C85H58BN7O4/c1-84(2)85(3,4)97-86(96-84)71-33-39-73(40-34-71)94-72-35-27-55(28-36-72)64-44-66(75-24-14-11-21-61(75)51-87)49-69(45-64)78-41-31-60(43-70(78)54-90)79-50-59(65-46-67(76-25-15-12-22-62(76)52-88)48-68(47-65)77-26-16-13-23-63(77)53-89)32-42-80(79)95-74-37-29-58(30-38-74)83-92-81(56-17-7-5-8-18-56)91-82(93-83)57-19-9-6-10-20-57/h5-50H,1-4H3.